The molecule has 0 radical (unpaired) electrons. The molecule has 4 nitrogen and oxygen atoms in total. The van der Waals surface area contributed by atoms with Gasteiger partial charge in [0.15, 0.2) is 0 Å². The van der Waals surface area contributed by atoms with Crippen molar-refractivity contribution in [3.8, 4) is 0 Å². The van der Waals surface area contributed by atoms with Crippen LogP contribution in [-0.4, -0.2) is 41.6 Å². The van der Waals surface area contributed by atoms with E-state index in [4.69, 9.17) is 23.2 Å². The molecule has 168 valence electrons. The highest BCUT2D eigenvalue weighted by molar-refractivity contribution is 7.99. The van der Waals surface area contributed by atoms with Crippen LogP contribution in [-0.2, 0) is 21.8 Å². The summed E-state index contributed by atoms with van der Waals surface area (Å²) in [6, 6.07) is 14.9. The molecule has 0 aromatic heterocycles. The minimum atomic E-state index is -0.527. The van der Waals surface area contributed by atoms with Gasteiger partial charge in [0.05, 0.1) is 15.8 Å². The quantitative estimate of drug-likeness (QED) is 0.464. The van der Waals surface area contributed by atoms with Crippen LogP contribution in [0.15, 0.2) is 48.5 Å². The van der Waals surface area contributed by atoms with Crippen molar-refractivity contribution in [2.75, 3.05) is 18.8 Å². The van der Waals surface area contributed by atoms with Crippen LogP contribution >= 0.6 is 35.0 Å². The summed E-state index contributed by atoms with van der Waals surface area (Å²) in [5.74, 6) is 1.11. The van der Waals surface area contributed by atoms with Crippen molar-refractivity contribution in [1.29, 1.82) is 0 Å². The Labute approximate surface area is 199 Å². The summed E-state index contributed by atoms with van der Waals surface area (Å²) in [5.41, 5.74) is 2.14. The van der Waals surface area contributed by atoms with E-state index in [1.54, 1.807) is 17.9 Å². The predicted molar refractivity (Wildman–Crippen MR) is 132 cm³/mol. The second-order valence-electron chi connectivity index (χ2n) is 7.88. The molecule has 1 N–H and O–H groups in total. The average Bonchev–Trinajstić information content (AvgIpc) is 2.75. The van der Waals surface area contributed by atoms with E-state index < -0.39 is 6.04 Å². The van der Waals surface area contributed by atoms with Crippen molar-refractivity contribution in [1.82, 2.24) is 10.2 Å². The third-order valence-corrected chi connectivity index (χ3v) is 6.54. The first-order valence-corrected chi connectivity index (χ1v) is 12.3. The van der Waals surface area contributed by atoms with E-state index in [0.717, 1.165) is 11.1 Å². The van der Waals surface area contributed by atoms with Crippen molar-refractivity contribution in [2.24, 2.45) is 5.92 Å². The summed E-state index contributed by atoms with van der Waals surface area (Å²) in [4.78, 5) is 27.4. The molecule has 0 saturated heterocycles. The minimum Gasteiger partial charge on any atom is -0.354 e. The van der Waals surface area contributed by atoms with Crippen LogP contribution in [0, 0.1) is 5.92 Å². The number of benzene rings is 2. The molecule has 0 aliphatic carbocycles. The van der Waals surface area contributed by atoms with E-state index >= 15 is 0 Å². The molecule has 7 heteroatoms. The predicted octanol–water partition coefficient (Wildman–Crippen LogP) is 5.46. The maximum absolute atomic E-state index is 13.0. The molecule has 31 heavy (non-hydrogen) atoms. The molecular formula is C24H30Cl2N2O2S. The zero-order chi connectivity index (χ0) is 22.8. The van der Waals surface area contributed by atoms with Crippen LogP contribution in [0.1, 0.15) is 31.9 Å². The molecular weight excluding hydrogens is 451 g/mol. The van der Waals surface area contributed by atoms with E-state index in [1.165, 1.54) is 11.8 Å². The van der Waals surface area contributed by atoms with E-state index in [9.17, 15) is 9.59 Å². The Hall–Kier alpha value is -1.69. The van der Waals surface area contributed by atoms with Gasteiger partial charge in [0, 0.05) is 18.8 Å². The number of carbonyl (C=O) groups is 2. The number of carbonyl (C=O) groups excluding carboxylic acids is 2. The lowest BCUT2D eigenvalue weighted by molar-refractivity contribution is -0.138. The van der Waals surface area contributed by atoms with Crippen molar-refractivity contribution < 1.29 is 9.59 Å². The van der Waals surface area contributed by atoms with Crippen LogP contribution in [0.3, 0.4) is 0 Å². The van der Waals surface area contributed by atoms with Gasteiger partial charge in [-0.1, -0.05) is 73.4 Å². The van der Waals surface area contributed by atoms with Crippen LogP contribution < -0.4 is 5.32 Å². The Balaban J connectivity index is 1.99. The van der Waals surface area contributed by atoms with Gasteiger partial charge in [-0.05, 0) is 42.5 Å². The summed E-state index contributed by atoms with van der Waals surface area (Å²) in [5, 5.41) is 3.96. The number of nitrogens with one attached hydrogen (secondary N) is 1. The van der Waals surface area contributed by atoms with Gasteiger partial charge in [-0.25, -0.2) is 0 Å². The second-order valence-corrected chi connectivity index (χ2v) is 9.68. The zero-order valence-corrected chi connectivity index (χ0v) is 20.6. The normalized spacial score (nSPS) is 11.9. The fourth-order valence-corrected chi connectivity index (χ4v) is 4.17. The van der Waals surface area contributed by atoms with Gasteiger partial charge in [-0.3, -0.25) is 9.59 Å². The molecule has 0 spiro atoms. The van der Waals surface area contributed by atoms with Crippen LogP contribution in [0.5, 0.6) is 0 Å². The molecule has 0 heterocycles. The molecule has 2 aromatic carbocycles. The summed E-state index contributed by atoms with van der Waals surface area (Å²) >= 11 is 13.5. The number of hydrogen-bond donors (Lipinski definition) is 1. The maximum Gasteiger partial charge on any atom is 0.242 e. The Kier molecular flexibility index (Phi) is 10.7. The molecule has 2 rings (SSSR count). The van der Waals surface area contributed by atoms with Crippen LogP contribution in [0.2, 0.25) is 10.0 Å². The average molecular weight is 481 g/mol. The Morgan fingerprint density at radius 2 is 1.71 bits per heavy atom. The smallest absolute Gasteiger partial charge is 0.242 e. The summed E-state index contributed by atoms with van der Waals surface area (Å²) in [6.45, 7) is 6.97. The highest BCUT2D eigenvalue weighted by Crippen LogP contribution is 2.25. The van der Waals surface area contributed by atoms with Crippen molar-refractivity contribution in [3.63, 3.8) is 0 Å². The SMILES string of the molecule is CC(C)CNC(=O)[C@@H](C)N(CCc1ccccc1)C(=O)CSCc1ccc(Cl)c(Cl)c1. The van der Waals surface area contributed by atoms with Gasteiger partial charge < -0.3 is 10.2 Å². The molecule has 0 aliphatic rings. The van der Waals surface area contributed by atoms with Gasteiger partial charge in [0.25, 0.3) is 0 Å². The fourth-order valence-electron chi connectivity index (χ4n) is 2.99. The number of hydrogen-bond acceptors (Lipinski definition) is 3. The highest BCUT2D eigenvalue weighted by Gasteiger charge is 2.25. The molecule has 0 fully saturated rings. The molecule has 0 bridgehead atoms. The van der Waals surface area contributed by atoms with Gasteiger partial charge in [0.1, 0.15) is 6.04 Å². The van der Waals surface area contributed by atoms with Gasteiger partial charge in [0.2, 0.25) is 11.8 Å². The van der Waals surface area contributed by atoms with Gasteiger partial charge in [-0.15, -0.1) is 11.8 Å². The first-order valence-electron chi connectivity index (χ1n) is 10.4. The molecule has 2 aromatic rings. The first kappa shape index (κ1) is 25.6. The summed E-state index contributed by atoms with van der Waals surface area (Å²) < 4.78 is 0. The lowest BCUT2D eigenvalue weighted by Crippen LogP contribution is -2.50. The Morgan fingerprint density at radius 1 is 1.00 bits per heavy atom. The molecule has 2 amide bonds. The monoisotopic (exact) mass is 480 g/mol. The molecule has 1 atom stereocenters. The zero-order valence-electron chi connectivity index (χ0n) is 18.2. The number of nitrogens with zero attached hydrogens (tertiary/aromatic N) is 1. The summed E-state index contributed by atoms with van der Waals surface area (Å²) in [6.07, 6.45) is 0.700. The molecule has 0 unspecified atom stereocenters. The van der Waals surface area contributed by atoms with Crippen LogP contribution in [0.25, 0.3) is 0 Å². The van der Waals surface area contributed by atoms with Gasteiger partial charge >= 0.3 is 0 Å². The van der Waals surface area contributed by atoms with E-state index in [2.05, 4.69) is 5.32 Å². The van der Waals surface area contributed by atoms with E-state index in [0.29, 0.717) is 41.2 Å². The maximum atomic E-state index is 13.0. The molecule has 0 saturated carbocycles. The number of halogens is 2. The second kappa shape index (κ2) is 13.0. The van der Waals surface area contributed by atoms with Crippen molar-refractivity contribution in [3.05, 3.63) is 69.7 Å². The molecule has 0 aliphatic heterocycles. The minimum absolute atomic E-state index is 0.0480. The van der Waals surface area contributed by atoms with Crippen LogP contribution in [0.4, 0.5) is 0 Å². The number of amides is 2. The Bertz CT molecular complexity index is 862. The fraction of sp³-hybridized carbons (Fsp3) is 0.417. The standard InChI is InChI=1S/C24H30Cl2N2O2S/c1-17(2)14-27-24(30)18(3)28(12-11-19-7-5-4-6-8-19)23(29)16-31-15-20-9-10-21(25)22(26)13-20/h4-10,13,17-18H,11-12,14-16H2,1-3H3,(H,27,30)/t18-/m1/s1. The topological polar surface area (TPSA) is 49.4 Å². The highest BCUT2D eigenvalue weighted by atomic mass is 35.5. The lowest BCUT2D eigenvalue weighted by Gasteiger charge is -2.29. The Morgan fingerprint density at radius 3 is 2.35 bits per heavy atom. The third-order valence-electron chi connectivity index (χ3n) is 4.81. The third kappa shape index (κ3) is 8.76. The van der Waals surface area contributed by atoms with Crippen molar-refractivity contribution >= 4 is 46.8 Å². The number of rotatable bonds is 11. The number of thioether (sulfide) groups is 1. The van der Waals surface area contributed by atoms with Gasteiger partial charge in [-0.2, -0.15) is 0 Å². The van der Waals surface area contributed by atoms with Crippen molar-refractivity contribution in [2.45, 2.75) is 39.0 Å². The first-order chi connectivity index (χ1) is 14.8. The van der Waals surface area contributed by atoms with E-state index in [1.807, 2.05) is 56.3 Å². The lowest BCUT2D eigenvalue weighted by atomic mass is 10.1. The van der Waals surface area contributed by atoms with E-state index in [-0.39, 0.29) is 17.6 Å². The largest absolute Gasteiger partial charge is 0.354 e. The summed E-state index contributed by atoms with van der Waals surface area (Å²) in [7, 11) is 0.